The van der Waals surface area contributed by atoms with E-state index in [9.17, 15) is 9.59 Å². The number of aromatic nitrogens is 1. The summed E-state index contributed by atoms with van der Waals surface area (Å²) in [5.41, 5.74) is 1.63. The Kier molecular flexibility index (Phi) is 4.78. The third-order valence-corrected chi connectivity index (χ3v) is 7.24. The molecule has 3 heterocycles. The van der Waals surface area contributed by atoms with Crippen molar-refractivity contribution in [3.05, 3.63) is 51.5 Å². The molecule has 2 saturated heterocycles. The molecule has 0 N–H and O–H groups in total. The van der Waals surface area contributed by atoms with Gasteiger partial charge in [0.15, 0.2) is 0 Å². The minimum Gasteiger partial charge on any atom is -0.338 e. The van der Waals surface area contributed by atoms with Crippen molar-refractivity contribution >= 4 is 23.2 Å². The third kappa shape index (κ3) is 2.85. The van der Waals surface area contributed by atoms with E-state index in [1.165, 1.54) is 16.9 Å². The predicted octanol–water partition coefficient (Wildman–Crippen LogP) is 3.97. The molecule has 6 heteroatoms. The number of aryl methyl sites for hydroxylation is 2. The van der Waals surface area contributed by atoms with Crippen molar-refractivity contribution in [3.63, 3.8) is 0 Å². The van der Waals surface area contributed by atoms with E-state index in [4.69, 9.17) is 0 Å². The number of thiazole rings is 1. The van der Waals surface area contributed by atoms with Crippen LogP contribution in [0.1, 0.15) is 58.7 Å². The lowest BCUT2D eigenvalue weighted by Crippen LogP contribution is -2.68. The smallest absolute Gasteiger partial charge is 0.265 e. The molecule has 0 radical (unpaired) electrons. The number of β-lactam (4-membered cyclic amide) rings is 1. The van der Waals surface area contributed by atoms with Gasteiger partial charge in [-0.3, -0.25) is 9.59 Å². The first-order valence-electron chi connectivity index (χ1n) is 9.96. The van der Waals surface area contributed by atoms with Crippen LogP contribution in [-0.2, 0) is 4.79 Å². The van der Waals surface area contributed by atoms with Gasteiger partial charge in [-0.25, -0.2) is 4.98 Å². The zero-order valence-corrected chi connectivity index (χ0v) is 17.8. The molecule has 2 aliphatic heterocycles. The molecule has 0 saturated carbocycles. The second kappa shape index (κ2) is 6.99. The molecule has 1 unspecified atom stereocenters. The Balaban J connectivity index is 1.56. The van der Waals surface area contributed by atoms with Crippen molar-refractivity contribution in [2.24, 2.45) is 5.41 Å². The molecule has 0 aliphatic carbocycles. The van der Waals surface area contributed by atoms with Gasteiger partial charge in [0.2, 0.25) is 5.91 Å². The molecule has 4 rings (SSSR count). The summed E-state index contributed by atoms with van der Waals surface area (Å²) >= 11 is 1.46. The highest BCUT2D eigenvalue weighted by Crippen LogP contribution is 2.56. The van der Waals surface area contributed by atoms with Gasteiger partial charge in [0, 0.05) is 19.1 Å². The number of carbonyl (C=O) groups excluding carboxylic acids is 2. The van der Waals surface area contributed by atoms with Crippen molar-refractivity contribution in [1.82, 2.24) is 14.8 Å². The Bertz CT molecular complexity index is 898. The molecule has 5 nitrogen and oxygen atoms in total. The topological polar surface area (TPSA) is 53.5 Å². The predicted molar refractivity (Wildman–Crippen MR) is 110 cm³/mol. The molecule has 1 spiro atoms. The molecule has 2 aromatic rings. The number of nitrogens with zero attached hydrogens (tertiary/aromatic N) is 3. The van der Waals surface area contributed by atoms with E-state index in [1.807, 2.05) is 41.8 Å². The zero-order valence-electron chi connectivity index (χ0n) is 16.9. The Morgan fingerprint density at radius 1 is 1.18 bits per heavy atom. The maximum absolute atomic E-state index is 13.2. The van der Waals surface area contributed by atoms with Gasteiger partial charge in [-0.2, -0.15) is 0 Å². The quantitative estimate of drug-likeness (QED) is 0.737. The van der Waals surface area contributed by atoms with E-state index >= 15 is 0 Å². The second-order valence-electron chi connectivity index (χ2n) is 8.22. The van der Waals surface area contributed by atoms with Gasteiger partial charge in [-0.1, -0.05) is 30.3 Å². The minimum absolute atomic E-state index is 0.0571. The van der Waals surface area contributed by atoms with Crippen LogP contribution < -0.4 is 0 Å². The average Bonchev–Trinajstić information content (AvgIpc) is 3.03. The van der Waals surface area contributed by atoms with Crippen molar-refractivity contribution < 1.29 is 9.59 Å². The molecule has 1 atom stereocenters. The lowest BCUT2D eigenvalue weighted by atomic mass is 9.61. The van der Waals surface area contributed by atoms with Crippen LogP contribution in [0.2, 0.25) is 0 Å². The van der Waals surface area contributed by atoms with Crippen molar-refractivity contribution in [3.8, 4) is 0 Å². The SMILES string of the molecule is Cc1nc(C)c(C(=O)N2CCC3(CC2)C(=O)N(C(C)C)C3c2ccccc2)s1. The fraction of sp³-hybridized carbons (Fsp3) is 0.500. The van der Waals surface area contributed by atoms with Gasteiger partial charge in [0.05, 0.1) is 22.2 Å². The van der Waals surface area contributed by atoms with Gasteiger partial charge >= 0.3 is 0 Å². The summed E-state index contributed by atoms with van der Waals surface area (Å²) in [4.78, 5) is 35.2. The molecule has 1 aromatic heterocycles. The number of likely N-dealkylation sites (tertiary alicyclic amines) is 2. The number of hydrogen-bond donors (Lipinski definition) is 0. The Hall–Kier alpha value is -2.21. The van der Waals surface area contributed by atoms with Gasteiger partial charge in [-0.05, 0) is 46.1 Å². The first kappa shape index (κ1) is 19.1. The summed E-state index contributed by atoms with van der Waals surface area (Å²) in [6.45, 7) is 9.22. The number of amides is 2. The molecule has 0 bridgehead atoms. The van der Waals surface area contributed by atoms with E-state index in [-0.39, 0.29) is 29.3 Å². The summed E-state index contributed by atoms with van der Waals surface area (Å²) in [5, 5.41) is 0.917. The van der Waals surface area contributed by atoms with Gasteiger partial charge < -0.3 is 9.80 Å². The first-order chi connectivity index (χ1) is 13.3. The number of piperidine rings is 1. The van der Waals surface area contributed by atoms with Crippen LogP contribution in [-0.4, -0.2) is 45.7 Å². The molecule has 2 aliphatic rings. The molecule has 2 amide bonds. The standard InChI is InChI=1S/C22H27N3O2S/c1-14(2)25-19(17-8-6-5-7-9-17)22(21(25)27)10-12-24(13-11-22)20(26)18-15(3)23-16(4)28-18/h5-9,14,19H,10-13H2,1-4H3. The number of carbonyl (C=O) groups is 2. The lowest BCUT2D eigenvalue weighted by Gasteiger charge is -2.60. The number of benzene rings is 1. The van der Waals surface area contributed by atoms with Crippen molar-refractivity contribution in [2.45, 2.75) is 52.6 Å². The summed E-state index contributed by atoms with van der Waals surface area (Å²) in [6, 6.07) is 10.6. The molecule has 28 heavy (non-hydrogen) atoms. The van der Waals surface area contributed by atoms with Gasteiger partial charge in [-0.15, -0.1) is 11.3 Å². The fourth-order valence-electron chi connectivity index (χ4n) is 4.81. The number of rotatable bonds is 3. The summed E-state index contributed by atoms with van der Waals surface area (Å²) in [5.74, 6) is 0.301. The zero-order chi connectivity index (χ0) is 20.1. The second-order valence-corrected chi connectivity index (χ2v) is 9.42. The highest BCUT2D eigenvalue weighted by atomic mass is 32.1. The van der Waals surface area contributed by atoms with Crippen molar-refractivity contribution in [2.75, 3.05) is 13.1 Å². The number of hydrogen-bond acceptors (Lipinski definition) is 4. The van der Waals surface area contributed by atoms with Crippen LogP contribution in [0.5, 0.6) is 0 Å². The summed E-state index contributed by atoms with van der Waals surface area (Å²) in [6.07, 6.45) is 1.44. The third-order valence-electron chi connectivity index (χ3n) is 6.17. The highest BCUT2D eigenvalue weighted by Gasteiger charge is 2.62. The largest absolute Gasteiger partial charge is 0.338 e. The van der Waals surface area contributed by atoms with E-state index in [0.717, 1.165) is 28.4 Å². The first-order valence-corrected chi connectivity index (χ1v) is 10.8. The molecule has 148 valence electrons. The lowest BCUT2D eigenvalue weighted by molar-refractivity contribution is -0.184. The fourth-order valence-corrected chi connectivity index (χ4v) is 5.70. The minimum atomic E-state index is -0.374. The summed E-state index contributed by atoms with van der Waals surface area (Å²) < 4.78 is 0. The van der Waals surface area contributed by atoms with Crippen LogP contribution in [0.4, 0.5) is 0 Å². The van der Waals surface area contributed by atoms with Crippen molar-refractivity contribution in [1.29, 1.82) is 0 Å². The molecular weight excluding hydrogens is 370 g/mol. The van der Waals surface area contributed by atoms with E-state index in [0.29, 0.717) is 13.1 Å². The van der Waals surface area contributed by atoms with E-state index in [2.05, 4.69) is 31.0 Å². The Labute approximate surface area is 170 Å². The Morgan fingerprint density at radius 3 is 2.36 bits per heavy atom. The van der Waals surface area contributed by atoms with Crippen LogP contribution in [0.15, 0.2) is 30.3 Å². The maximum atomic E-state index is 13.2. The van der Waals surface area contributed by atoms with Crippen LogP contribution in [0.25, 0.3) is 0 Å². The highest BCUT2D eigenvalue weighted by molar-refractivity contribution is 7.13. The Morgan fingerprint density at radius 2 is 1.82 bits per heavy atom. The van der Waals surface area contributed by atoms with E-state index < -0.39 is 0 Å². The van der Waals surface area contributed by atoms with Crippen LogP contribution in [0.3, 0.4) is 0 Å². The molecule has 1 aromatic carbocycles. The van der Waals surface area contributed by atoms with Gasteiger partial charge in [0.1, 0.15) is 4.88 Å². The average molecular weight is 398 g/mol. The molecule has 2 fully saturated rings. The van der Waals surface area contributed by atoms with Crippen LogP contribution in [0, 0.1) is 19.3 Å². The normalized spacial score (nSPS) is 21.3. The maximum Gasteiger partial charge on any atom is 0.265 e. The van der Waals surface area contributed by atoms with Gasteiger partial charge in [0.25, 0.3) is 5.91 Å². The van der Waals surface area contributed by atoms with E-state index in [1.54, 1.807) is 0 Å². The molecular formula is C22H27N3O2S. The van der Waals surface area contributed by atoms with Crippen LogP contribution >= 0.6 is 11.3 Å². The monoisotopic (exact) mass is 397 g/mol. The summed E-state index contributed by atoms with van der Waals surface area (Å²) in [7, 11) is 0.